The number of hydrogen-bond donors (Lipinski definition) is 1. The topological polar surface area (TPSA) is 76.2 Å². The van der Waals surface area contributed by atoms with Gasteiger partial charge in [0.25, 0.3) is 0 Å². The van der Waals surface area contributed by atoms with Crippen LogP contribution in [0.5, 0.6) is 0 Å². The normalized spacial score (nSPS) is 20.4. The summed E-state index contributed by atoms with van der Waals surface area (Å²) in [6.45, 7) is 1.99. The van der Waals surface area contributed by atoms with Crippen molar-refractivity contribution in [3.8, 4) is 0 Å². The standard InChI is InChI=1S/C17H18ClNO4S/c1-2-23-17(20)16-13-9-15(14(18)8-11(13)10-19-16)24(21,22)12-6-4-3-5-7-12/h3-7,10,14-15,19H,2,8-9H2,1H3/t14-,15-/m0/s1. The molecule has 0 spiro atoms. The van der Waals surface area contributed by atoms with E-state index in [1.54, 1.807) is 43.5 Å². The minimum Gasteiger partial charge on any atom is -0.461 e. The largest absolute Gasteiger partial charge is 0.461 e. The Kier molecular flexibility index (Phi) is 4.69. The van der Waals surface area contributed by atoms with Crippen molar-refractivity contribution in [3.05, 3.63) is 53.3 Å². The summed E-state index contributed by atoms with van der Waals surface area (Å²) in [6, 6.07) is 8.27. The fraction of sp³-hybridized carbons (Fsp3) is 0.353. The van der Waals surface area contributed by atoms with Gasteiger partial charge in [-0.25, -0.2) is 13.2 Å². The first kappa shape index (κ1) is 17.0. The van der Waals surface area contributed by atoms with Gasteiger partial charge in [0, 0.05) is 6.20 Å². The number of aromatic nitrogens is 1. The van der Waals surface area contributed by atoms with Crippen LogP contribution in [0.25, 0.3) is 0 Å². The lowest BCUT2D eigenvalue weighted by atomic mass is 9.93. The summed E-state index contributed by atoms with van der Waals surface area (Å²) in [5.41, 5.74) is 1.89. The van der Waals surface area contributed by atoms with Crippen LogP contribution in [-0.4, -0.2) is 36.6 Å². The van der Waals surface area contributed by atoms with Gasteiger partial charge in [0.15, 0.2) is 9.84 Å². The highest BCUT2D eigenvalue weighted by Gasteiger charge is 2.39. The molecule has 0 aliphatic heterocycles. The molecule has 5 nitrogen and oxygen atoms in total. The van der Waals surface area contributed by atoms with Gasteiger partial charge in [-0.2, -0.15) is 0 Å². The Hall–Kier alpha value is -1.79. The Bertz CT molecular complexity index is 845. The molecule has 24 heavy (non-hydrogen) atoms. The third kappa shape index (κ3) is 2.96. The summed E-state index contributed by atoms with van der Waals surface area (Å²) >= 11 is 6.39. The zero-order chi connectivity index (χ0) is 17.3. The highest BCUT2D eigenvalue weighted by molar-refractivity contribution is 7.92. The van der Waals surface area contributed by atoms with E-state index >= 15 is 0 Å². The number of aromatic amines is 1. The van der Waals surface area contributed by atoms with Gasteiger partial charge in [-0.1, -0.05) is 18.2 Å². The molecule has 3 rings (SSSR count). The van der Waals surface area contributed by atoms with Gasteiger partial charge in [-0.15, -0.1) is 11.6 Å². The molecule has 1 N–H and O–H groups in total. The summed E-state index contributed by atoms with van der Waals surface area (Å²) < 4.78 is 30.9. The van der Waals surface area contributed by atoms with E-state index < -0.39 is 26.4 Å². The number of nitrogens with one attached hydrogen (secondary N) is 1. The molecule has 0 fully saturated rings. The van der Waals surface area contributed by atoms with Crippen molar-refractivity contribution in [1.82, 2.24) is 4.98 Å². The zero-order valence-electron chi connectivity index (χ0n) is 13.2. The number of H-pyrrole nitrogens is 1. The summed E-state index contributed by atoms with van der Waals surface area (Å²) in [5, 5.41) is -1.33. The smallest absolute Gasteiger partial charge is 0.355 e. The number of ether oxygens (including phenoxy) is 1. The summed E-state index contributed by atoms with van der Waals surface area (Å²) in [6.07, 6.45) is 2.30. The SMILES string of the molecule is CCOC(=O)c1[nH]cc2c1C[C@H](S(=O)(=O)c1ccccc1)[C@@H](Cl)C2. The number of carbonyl (C=O) groups is 1. The van der Waals surface area contributed by atoms with Crippen molar-refractivity contribution < 1.29 is 17.9 Å². The van der Waals surface area contributed by atoms with Gasteiger partial charge in [0.05, 0.1) is 22.1 Å². The fourth-order valence-electron chi connectivity index (χ4n) is 3.05. The quantitative estimate of drug-likeness (QED) is 0.666. The number of halogens is 1. The molecule has 0 amide bonds. The first-order chi connectivity index (χ1) is 11.4. The molecule has 7 heteroatoms. The Morgan fingerprint density at radius 2 is 2.00 bits per heavy atom. The van der Waals surface area contributed by atoms with E-state index in [9.17, 15) is 13.2 Å². The van der Waals surface area contributed by atoms with Crippen LogP contribution < -0.4 is 0 Å². The number of carbonyl (C=O) groups excluding carboxylic acids is 1. The minimum absolute atomic E-state index is 0.193. The van der Waals surface area contributed by atoms with Crippen molar-refractivity contribution in [3.63, 3.8) is 0 Å². The van der Waals surface area contributed by atoms with Gasteiger partial charge in [0.2, 0.25) is 0 Å². The molecule has 1 aromatic carbocycles. The van der Waals surface area contributed by atoms with Crippen LogP contribution >= 0.6 is 11.6 Å². The third-order valence-corrected chi connectivity index (χ3v) is 7.08. The second-order valence-electron chi connectivity index (χ2n) is 5.71. The Labute approximate surface area is 145 Å². The van der Waals surface area contributed by atoms with Crippen LogP contribution in [0.4, 0.5) is 0 Å². The van der Waals surface area contributed by atoms with Crippen LogP contribution in [-0.2, 0) is 27.4 Å². The summed E-state index contributed by atoms with van der Waals surface area (Å²) in [7, 11) is -3.58. The molecule has 1 heterocycles. The van der Waals surface area contributed by atoms with Crippen LogP contribution in [0, 0.1) is 0 Å². The maximum atomic E-state index is 12.9. The zero-order valence-corrected chi connectivity index (χ0v) is 14.7. The molecule has 128 valence electrons. The average Bonchev–Trinajstić information content (AvgIpc) is 2.98. The van der Waals surface area contributed by atoms with Gasteiger partial charge in [0.1, 0.15) is 5.69 Å². The number of sulfone groups is 1. The van der Waals surface area contributed by atoms with Crippen molar-refractivity contribution >= 4 is 27.4 Å². The molecule has 1 aliphatic rings. The maximum Gasteiger partial charge on any atom is 0.355 e. The number of fused-ring (bicyclic) bond motifs is 1. The molecule has 1 aliphatic carbocycles. The van der Waals surface area contributed by atoms with Crippen molar-refractivity contribution in [2.45, 2.75) is 35.3 Å². The van der Waals surface area contributed by atoms with Crippen LogP contribution in [0.15, 0.2) is 41.4 Å². The van der Waals surface area contributed by atoms with E-state index in [2.05, 4.69) is 4.98 Å². The number of esters is 1. The number of alkyl halides is 1. The first-order valence-electron chi connectivity index (χ1n) is 7.74. The van der Waals surface area contributed by atoms with E-state index in [0.29, 0.717) is 17.7 Å². The van der Waals surface area contributed by atoms with Gasteiger partial charge >= 0.3 is 5.97 Å². The van der Waals surface area contributed by atoms with E-state index in [1.165, 1.54) is 0 Å². The molecule has 2 atom stereocenters. The lowest BCUT2D eigenvalue weighted by molar-refractivity contribution is 0.0518. The monoisotopic (exact) mass is 367 g/mol. The average molecular weight is 368 g/mol. The predicted octanol–water partition coefficient (Wildman–Crippen LogP) is 2.74. The van der Waals surface area contributed by atoms with E-state index in [1.807, 2.05) is 0 Å². The first-order valence-corrected chi connectivity index (χ1v) is 9.72. The van der Waals surface area contributed by atoms with Crippen LogP contribution in [0.3, 0.4) is 0 Å². The maximum absolute atomic E-state index is 12.9. The van der Waals surface area contributed by atoms with Gasteiger partial charge in [-0.05, 0) is 43.0 Å². The third-order valence-electron chi connectivity index (χ3n) is 4.25. The Morgan fingerprint density at radius 3 is 2.67 bits per heavy atom. The van der Waals surface area contributed by atoms with Crippen molar-refractivity contribution in [1.29, 1.82) is 0 Å². The Balaban J connectivity index is 1.97. The summed E-state index contributed by atoms with van der Waals surface area (Å²) in [4.78, 5) is 15.2. The molecule has 1 aromatic heterocycles. The molecule has 0 bridgehead atoms. The molecular weight excluding hydrogens is 350 g/mol. The Morgan fingerprint density at radius 1 is 1.29 bits per heavy atom. The second kappa shape index (κ2) is 6.61. The van der Waals surface area contributed by atoms with E-state index in [4.69, 9.17) is 16.3 Å². The van der Waals surface area contributed by atoms with E-state index in [0.717, 1.165) is 5.56 Å². The van der Waals surface area contributed by atoms with Crippen LogP contribution in [0.1, 0.15) is 28.5 Å². The molecule has 0 unspecified atom stereocenters. The number of rotatable bonds is 4. The van der Waals surface area contributed by atoms with Crippen LogP contribution in [0.2, 0.25) is 0 Å². The van der Waals surface area contributed by atoms with Crippen molar-refractivity contribution in [2.24, 2.45) is 0 Å². The van der Waals surface area contributed by atoms with Crippen molar-refractivity contribution in [2.75, 3.05) is 6.61 Å². The summed E-state index contributed by atoms with van der Waals surface area (Å²) in [5.74, 6) is -0.470. The number of hydrogen-bond acceptors (Lipinski definition) is 4. The van der Waals surface area contributed by atoms with Gasteiger partial charge in [-0.3, -0.25) is 0 Å². The predicted molar refractivity (Wildman–Crippen MR) is 91.2 cm³/mol. The molecule has 0 saturated carbocycles. The molecule has 0 radical (unpaired) electrons. The molecule has 2 aromatic rings. The second-order valence-corrected chi connectivity index (χ2v) is 8.44. The number of benzene rings is 1. The minimum atomic E-state index is -3.58. The molecular formula is C17H18ClNO4S. The molecule has 0 saturated heterocycles. The van der Waals surface area contributed by atoms with Gasteiger partial charge < -0.3 is 9.72 Å². The fourth-order valence-corrected chi connectivity index (χ4v) is 5.47. The van der Waals surface area contributed by atoms with E-state index in [-0.39, 0.29) is 17.9 Å². The highest BCUT2D eigenvalue weighted by atomic mass is 35.5. The highest BCUT2D eigenvalue weighted by Crippen LogP contribution is 2.34. The lowest BCUT2D eigenvalue weighted by Gasteiger charge is -2.27. The lowest BCUT2D eigenvalue weighted by Crippen LogP contribution is -2.38.